The molecule has 2 aromatic rings. The molecule has 2 N–H and O–H groups in total. The second-order valence-corrected chi connectivity index (χ2v) is 8.34. The van der Waals surface area contributed by atoms with Gasteiger partial charge in [0.25, 0.3) is 11.8 Å². The average molecular weight is 485 g/mol. The minimum atomic E-state index is -0.811. The molecule has 0 aliphatic carbocycles. The van der Waals surface area contributed by atoms with Crippen LogP contribution in [0.2, 0.25) is 15.1 Å². The summed E-state index contributed by atoms with van der Waals surface area (Å²) in [5, 5.41) is 7.83. The summed E-state index contributed by atoms with van der Waals surface area (Å²) in [6.07, 6.45) is 2.30. The molecule has 9 heteroatoms. The van der Waals surface area contributed by atoms with Crippen molar-refractivity contribution in [1.82, 2.24) is 10.7 Å². The molecule has 1 unspecified atom stereocenters. The number of nitrogens with one attached hydrogen (secondary N) is 2. The van der Waals surface area contributed by atoms with Gasteiger partial charge in [-0.15, -0.1) is 0 Å². The number of hydrogen-bond acceptors (Lipinski definition) is 4. The summed E-state index contributed by atoms with van der Waals surface area (Å²) in [5.74, 6) is -0.478. The predicted octanol–water partition coefficient (Wildman–Crippen LogP) is 5.34. The molecule has 0 heterocycles. The van der Waals surface area contributed by atoms with Gasteiger partial charge >= 0.3 is 0 Å². The average Bonchev–Trinajstić information content (AvgIpc) is 2.72. The maximum absolute atomic E-state index is 12.6. The van der Waals surface area contributed by atoms with E-state index < -0.39 is 17.9 Å². The zero-order chi connectivity index (χ0) is 23.0. The second kappa shape index (κ2) is 11.9. The molecule has 2 rings (SSSR count). The van der Waals surface area contributed by atoms with Crippen molar-refractivity contribution < 1.29 is 14.3 Å². The van der Waals surface area contributed by atoms with Crippen LogP contribution in [-0.4, -0.2) is 30.7 Å². The maximum Gasteiger partial charge on any atom is 0.262 e. The van der Waals surface area contributed by atoms with E-state index in [0.717, 1.165) is 6.42 Å². The van der Waals surface area contributed by atoms with Gasteiger partial charge in [-0.25, -0.2) is 5.43 Å². The van der Waals surface area contributed by atoms with Crippen molar-refractivity contribution in [1.29, 1.82) is 0 Å². The van der Waals surface area contributed by atoms with Gasteiger partial charge in [0, 0.05) is 16.1 Å². The third kappa shape index (κ3) is 7.42. The van der Waals surface area contributed by atoms with Gasteiger partial charge < -0.3 is 10.1 Å². The smallest absolute Gasteiger partial charge is 0.262 e. The van der Waals surface area contributed by atoms with Gasteiger partial charge in [0.1, 0.15) is 11.8 Å². The number of amides is 2. The largest absolute Gasteiger partial charge is 0.493 e. The number of rotatable bonds is 9. The van der Waals surface area contributed by atoms with Crippen LogP contribution in [0.4, 0.5) is 0 Å². The number of carbonyl (C=O) groups excluding carboxylic acids is 2. The van der Waals surface area contributed by atoms with Crippen molar-refractivity contribution in [3.8, 4) is 5.75 Å². The zero-order valence-electron chi connectivity index (χ0n) is 17.4. The van der Waals surface area contributed by atoms with Crippen LogP contribution in [0.5, 0.6) is 5.75 Å². The lowest BCUT2D eigenvalue weighted by atomic mass is 10.0. The van der Waals surface area contributed by atoms with Crippen molar-refractivity contribution in [3.05, 3.63) is 62.6 Å². The first kappa shape index (κ1) is 25.0. The third-order valence-electron chi connectivity index (χ3n) is 4.23. The Morgan fingerprint density at radius 3 is 2.48 bits per heavy atom. The van der Waals surface area contributed by atoms with E-state index in [0.29, 0.717) is 33.5 Å². The molecule has 0 spiro atoms. The molecule has 2 amide bonds. The molecule has 0 aliphatic heterocycles. The normalized spacial score (nSPS) is 12.1. The van der Waals surface area contributed by atoms with Gasteiger partial charge in [-0.3, -0.25) is 9.59 Å². The van der Waals surface area contributed by atoms with Gasteiger partial charge in [-0.2, -0.15) is 5.10 Å². The molecule has 0 radical (unpaired) electrons. The number of hydrazone groups is 1. The number of benzene rings is 2. The fraction of sp³-hybridized carbons (Fsp3) is 0.318. The Labute approximate surface area is 196 Å². The van der Waals surface area contributed by atoms with Crippen LogP contribution in [0.25, 0.3) is 0 Å². The van der Waals surface area contributed by atoms with Crippen LogP contribution in [0, 0.1) is 5.92 Å². The lowest BCUT2D eigenvalue weighted by Gasteiger charge is -2.20. The van der Waals surface area contributed by atoms with Gasteiger partial charge in [0.2, 0.25) is 0 Å². The summed E-state index contributed by atoms with van der Waals surface area (Å²) in [6.45, 7) is 6.18. The van der Waals surface area contributed by atoms with Crippen molar-refractivity contribution >= 4 is 52.8 Å². The van der Waals surface area contributed by atoms with E-state index in [1.807, 2.05) is 20.8 Å². The van der Waals surface area contributed by atoms with Gasteiger partial charge in [-0.05, 0) is 48.7 Å². The Bertz CT molecular complexity index is 964. The van der Waals surface area contributed by atoms with Gasteiger partial charge in [0.05, 0.1) is 22.9 Å². The Morgan fingerprint density at radius 2 is 1.84 bits per heavy atom. The van der Waals surface area contributed by atoms with Gasteiger partial charge in [0.15, 0.2) is 0 Å². The molecule has 0 saturated heterocycles. The van der Waals surface area contributed by atoms with Crippen LogP contribution in [0.3, 0.4) is 0 Å². The molecule has 2 aromatic carbocycles. The molecule has 0 aromatic heterocycles. The third-order valence-corrected chi connectivity index (χ3v) is 5.20. The molecule has 31 heavy (non-hydrogen) atoms. The highest BCUT2D eigenvalue weighted by atomic mass is 35.5. The van der Waals surface area contributed by atoms with Crippen molar-refractivity contribution in [2.24, 2.45) is 11.0 Å². The van der Waals surface area contributed by atoms with Crippen molar-refractivity contribution in [3.63, 3.8) is 0 Å². The summed E-state index contributed by atoms with van der Waals surface area (Å²) >= 11 is 17.9. The molecule has 166 valence electrons. The number of carbonyl (C=O) groups is 2. The Balaban J connectivity index is 2.08. The standard InChI is InChI=1S/C22H24Cl3N3O3/c1-4-9-31-19-8-6-16(23)10-15(19)12-26-28-22(30)20(13(2)3)27-21(29)14-5-7-17(24)18(25)11-14/h5-8,10-13,20H,4,9H2,1-3H3,(H,27,29)(H,28,30). The maximum atomic E-state index is 12.6. The van der Waals surface area contributed by atoms with E-state index in [9.17, 15) is 9.59 Å². The molecule has 1 atom stereocenters. The van der Waals surface area contributed by atoms with Crippen LogP contribution in [0.1, 0.15) is 43.1 Å². The van der Waals surface area contributed by atoms with Crippen molar-refractivity contribution in [2.75, 3.05) is 6.61 Å². The Morgan fingerprint density at radius 1 is 1.10 bits per heavy atom. The summed E-state index contributed by atoms with van der Waals surface area (Å²) < 4.78 is 5.66. The fourth-order valence-corrected chi connectivity index (χ4v) is 3.07. The number of ether oxygens (including phenoxy) is 1. The first-order chi connectivity index (χ1) is 14.7. The van der Waals surface area contributed by atoms with Crippen LogP contribution in [0.15, 0.2) is 41.5 Å². The molecular weight excluding hydrogens is 461 g/mol. The molecule has 0 aliphatic rings. The second-order valence-electron chi connectivity index (χ2n) is 7.09. The number of hydrogen-bond donors (Lipinski definition) is 2. The molecular formula is C22H24Cl3N3O3. The first-order valence-corrected chi connectivity index (χ1v) is 10.9. The van der Waals surface area contributed by atoms with E-state index in [-0.39, 0.29) is 10.9 Å². The van der Waals surface area contributed by atoms with Crippen molar-refractivity contribution in [2.45, 2.75) is 33.2 Å². The van der Waals surface area contributed by atoms with Crippen LogP contribution < -0.4 is 15.5 Å². The summed E-state index contributed by atoms with van der Waals surface area (Å²) in [4.78, 5) is 25.2. The van der Waals surface area contributed by atoms with Crippen LogP contribution in [-0.2, 0) is 4.79 Å². The monoisotopic (exact) mass is 483 g/mol. The van der Waals surface area contributed by atoms with Crippen LogP contribution >= 0.6 is 34.8 Å². The highest BCUT2D eigenvalue weighted by molar-refractivity contribution is 6.42. The fourth-order valence-electron chi connectivity index (χ4n) is 2.60. The summed E-state index contributed by atoms with van der Waals surface area (Å²) in [6, 6.07) is 8.85. The summed E-state index contributed by atoms with van der Waals surface area (Å²) in [7, 11) is 0. The minimum absolute atomic E-state index is 0.184. The Kier molecular flexibility index (Phi) is 9.62. The van der Waals surface area contributed by atoms with E-state index in [2.05, 4.69) is 15.8 Å². The molecule has 0 fully saturated rings. The van der Waals surface area contributed by atoms with E-state index in [4.69, 9.17) is 39.5 Å². The lowest BCUT2D eigenvalue weighted by Crippen LogP contribution is -2.48. The number of halogens is 3. The SMILES string of the molecule is CCCOc1ccc(Cl)cc1C=NNC(=O)C(NC(=O)c1ccc(Cl)c(Cl)c1)C(C)C. The van der Waals surface area contributed by atoms with E-state index >= 15 is 0 Å². The zero-order valence-corrected chi connectivity index (χ0v) is 19.7. The number of nitrogens with zero attached hydrogens (tertiary/aromatic N) is 1. The topological polar surface area (TPSA) is 79.8 Å². The quantitative estimate of drug-likeness (QED) is 0.372. The predicted molar refractivity (Wildman–Crippen MR) is 126 cm³/mol. The molecule has 6 nitrogen and oxygen atoms in total. The van der Waals surface area contributed by atoms with E-state index in [1.165, 1.54) is 24.4 Å². The highest BCUT2D eigenvalue weighted by Crippen LogP contribution is 2.23. The highest BCUT2D eigenvalue weighted by Gasteiger charge is 2.24. The lowest BCUT2D eigenvalue weighted by molar-refractivity contribution is -0.123. The first-order valence-electron chi connectivity index (χ1n) is 9.74. The minimum Gasteiger partial charge on any atom is -0.493 e. The molecule has 0 bridgehead atoms. The molecule has 0 saturated carbocycles. The van der Waals surface area contributed by atoms with Gasteiger partial charge in [-0.1, -0.05) is 55.6 Å². The Hall–Kier alpha value is -2.28. The van der Waals surface area contributed by atoms with E-state index in [1.54, 1.807) is 18.2 Å². The summed E-state index contributed by atoms with van der Waals surface area (Å²) in [5.41, 5.74) is 3.39.